The fourth-order valence-electron chi connectivity index (χ4n) is 3.54. The Hall–Kier alpha value is -0.0800. The number of piperidine rings is 1. The van der Waals surface area contributed by atoms with E-state index in [9.17, 15) is 0 Å². The van der Waals surface area contributed by atoms with Crippen LogP contribution < -0.4 is 5.73 Å². The van der Waals surface area contributed by atoms with E-state index in [2.05, 4.69) is 18.7 Å². The van der Waals surface area contributed by atoms with Gasteiger partial charge in [-0.05, 0) is 37.0 Å². The average molecular weight is 224 g/mol. The van der Waals surface area contributed by atoms with Gasteiger partial charge in [0, 0.05) is 25.7 Å². The number of rotatable bonds is 2. The lowest BCUT2D eigenvalue weighted by atomic mass is 9.82. The van der Waals surface area contributed by atoms with Gasteiger partial charge in [-0.2, -0.15) is 0 Å². The summed E-state index contributed by atoms with van der Waals surface area (Å²) in [7, 11) is 0. The molecule has 2 heteroatoms. The van der Waals surface area contributed by atoms with Crippen LogP contribution in [0.5, 0.6) is 0 Å². The van der Waals surface area contributed by atoms with Crippen LogP contribution in [0.3, 0.4) is 0 Å². The standard InChI is InChI=1S/C14H28N2/c1-11-3-5-13(6-4-11)9-16-8-12(2)7-14(15)10-16/h11-14H,3-10,15H2,1-2H3. The highest BCUT2D eigenvalue weighted by molar-refractivity contribution is 4.82. The van der Waals surface area contributed by atoms with Gasteiger partial charge in [0.1, 0.15) is 0 Å². The third-order valence-corrected chi connectivity index (χ3v) is 4.42. The van der Waals surface area contributed by atoms with E-state index in [0.717, 1.165) is 24.3 Å². The number of hydrogen-bond donors (Lipinski definition) is 1. The summed E-state index contributed by atoms with van der Waals surface area (Å²) >= 11 is 0. The van der Waals surface area contributed by atoms with Crippen molar-refractivity contribution in [2.75, 3.05) is 19.6 Å². The van der Waals surface area contributed by atoms with Crippen molar-refractivity contribution in [3.8, 4) is 0 Å². The van der Waals surface area contributed by atoms with Crippen molar-refractivity contribution in [2.45, 2.75) is 52.0 Å². The van der Waals surface area contributed by atoms with E-state index in [1.165, 1.54) is 45.2 Å². The minimum Gasteiger partial charge on any atom is -0.327 e. The smallest absolute Gasteiger partial charge is 0.0170 e. The maximum absolute atomic E-state index is 6.10. The molecular formula is C14H28N2. The van der Waals surface area contributed by atoms with Crippen LogP contribution in [-0.4, -0.2) is 30.6 Å². The van der Waals surface area contributed by atoms with Gasteiger partial charge in [-0.3, -0.25) is 0 Å². The summed E-state index contributed by atoms with van der Waals surface area (Å²) in [6, 6.07) is 0.422. The van der Waals surface area contributed by atoms with Crippen LogP contribution in [0, 0.1) is 17.8 Å². The van der Waals surface area contributed by atoms with Crippen molar-refractivity contribution in [1.82, 2.24) is 4.90 Å². The molecule has 0 aromatic carbocycles. The molecule has 1 heterocycles. The van der Waals surface area contributed by atoms with E-state index < -0.39 is 0 Å². The summed E-state index contributed by atoms with van der Waals surface area (Å²) in [6.45, 7) is 8.46. The lowest BCUT2D eigenvalue weighted by Crippen LogP contribution is -2.48. The third kappa shape index (κ3) is 3.46. The van der Waals surface area contributed by atoms with Gasteiger partial charge in [0.15, 0.2) is 0 Å². The molecule has 16 heavy (non-hydrogen) atoms. The Bertz CT molecular complexity index is 199. The van der Waals surface area contributed by atoms with Crippen molar-refractivity contribution in [2.24, 2.45) is 23.5 Å². The Morgan fingerprint density at radius 3 is 2.31 bits per heavy atom. The predicted molar refractivity (Wildman–Crippen MR) is 69.3 cm³/mol. The highest BCUT2D eigenvalue weighted by atomic mass is 15.1. The van der Waals surface area contributed by atoms with Crippen molar-refractivity contribution in [3.05, 3.63) is 0 Å². The summed E-state index contributed by atoms with van der Waals surface area (Å²) in [5.74, 6) is 2.72. The molecular weight excluding hydrogens is 196 g/mol. The monoisotopic (exact) mass is 224 g/mol. The molecule has 0 radical (unpaired) electrons. The van der Waals surface area contributed by atoms with E-state index in [-0.39, 0.29) is 0 Å². The molecule has 2 atom stereocenters. The molecule has 0 spiro atoms. The van der Waals surface area contributed by atoms with Gasteiger partial charge in [-0.1, -0.05) is 26.7 Å². The Balaban J connectivity index is 1.76. The summed E-state index contributed by atoms with van der Waals surface area (Å²) < 4.78 is 0. The van der Waals surface area contributed by atoms with Crippen LogP contribution in [0.2, 0.25) is 0 Å². The van der Waals surface area contributed by atoms with Gasteiger partial charge in [-0.15, -0.1) is 0 Å². The molecule has 2 aliphatic rings. The molecule has 2 fully saturated rings. The van der Waals surface area contributed by atoms with Gasteiger partial charge in [0.25, 0.3) is 0 Å². The Morgan fingerprint density at radius 2 is 1.69 bits per heavy atom. The third-order valence-electron chi connectivity index (χ3n) is 4.42. The molecule has 2 nitrogen and oxygen atoms in total. The maximum atomic E-state index is 6.10. The molecule has 1 saturated carbocycles. The predicted octanol–water partition coefficient (Wildman–Crippen LogP) is 2.48. The minimum atomic E-state index is 0.422. The first-order valence-corrected chi connectivity index (χ1v) is 7.11. The fourth-order valence-corrected chi connectivity index (χ4v) is 3.54. The van der Waals surface area contributed by atoms with E-state index in [1.807, 2.05) is 0 Å². The van der Waals surface area contributed by atoms with Gasteiger partial charge >= 0.3 is 0 Å². The molecule has 1 aliphatic heterocycles. The van der Waals surface area contributed by atoms with Crippen LogP contribution in [0.1, 0.15) is 46.0 Å². The molecule has 1 saturated heterocycles. The van der Waals surface area contributed by atoms with E-state index >= 15 is 0 Å². The van der Waals surface area contributed by atoms with Crippen LogP contribution in [0.25, 0.3) is 0 Å². The summed E-state index contributed by atoms with van der Waals surface area (Å²) in [6.07, 6.45) is 7.00. The molecule has 0 aromatic rings. The Morgan fingerprint density at radius 1 is 1.00 bits per heavy atom. The highest BCUT2D eigenvalue weighted by Gasteiger charge is 2.26. The van der Waals surface area contributed by atoms with Crippen molar-refractivity contribution in [3.63, 3.8) is 0 Å². The Labute approximate surface area is 101 Å². The zero-order valence-electron chi connectivity index (χ0n) is 11.0. The normalized spacial score (nSPS) is 42.2. The molecule has 0 aromatic heterocycles. The number of nitrogens with zero attached hydrogens (tertiary/aromatic N) is 1. The number of likely N-dealkylation sites (tertiary alicyclic amines) is 1. The van der Waals surface area contributed by atoms with Crippen LogP contribution in [-0.2, 0) is 0 Å². The lowest BCUT2D eigenvalue weighted by Gasteiger charge is -2.38. The van der Waals surface area contributed by atoms with Gasteiger partial charge in [-0.25, -0.2) is 0 Å². The molecule has 94 valence electrons. The molecule has 0 bridgehead atoms. The van der Waals surface area contributed by atoms with E-state index in [4.69, 9.17) is 5.73 Å². The average Bonchev–Trinajstić information content (AvgIpc) is 2.20. The minimum absolute atomic E-state index is 0.422. The van der Waals surface area contributed by atoms with Crippen LogP contribution in [0.15, 0.2) is 0 Å². The molecule has 2 rings (SSSR count). The van der Waals surface area contributed by atoms with Crippen LogP contribution >= 0.6 is 0 Å². The second-order valence-electron chi connectivity index (χ2n) is 6.45. The first-order chi connectivity index (χ1) is 7.63. The van der Waals surface area contributed by atoms with Gasteiger partial charge in [0.2, 0.25) is 0 Å². The molecule has 2 N–H and O–H groups in total. The summed E-state index contributed by atoms with van der Waals surface area (Å²) in [4.78, 5) is 2.62. The zero-order valence-corrected chi connectivity index (χ0v) is 11.0. The molecule has 1 aliphatic carbocycles. The topological polar surface area (TPSA) is 29.3 Å². The summed E-state index contributed by atoms with van der Waals surface area (Å²) in [5, 5.41) is 0. The van der Waals surface area contributed by atoms with Gasteiger partial charge in [0.05, 0.1) is 0 Å². The highest BCUT2D eigenvalue weighted by Crippen LogP contribution is 2.29. The number of hydrogen-bond acceptors (Lipinski definition) is 2. The van der Waals surface area contributed by atoms with Crippen LogP contribution in [0.4, 0.5) is 0 Å². The SMILES string of the molecule is CC1CCC(CN2CC(C)CC(N)C2)CC1. The number of nitrogens with two attached hydrogens (primary N) is 1. The lowest BCUT2D eigenvalue weighted by molar-refractivity contribution is 0.124. The second kappa shape index (κ2) is 5.50. The molecule has 2 unspecified atom stereocenters. The van der Waals surface area contributed by atoms with E-state index in [1.54, 1.807) is 0 Å². The first-order valence-electron chi connectivity index (χ1n) is 7.11. The first kappa shape index (κ1) is 12.4. The quantitative estimate of drug-likeness (QED) is 0.781. The van der Waals surface area contributed by atoms with Gasteiger partial charge < -0.3 is 10.6 Å². The summed E-state index contributed by atoms with van der Waals surface area (Å²) in [5.41, 5.74) is 6.10. The van der Waals surface area contributed by atoms with Crippen molar-refractivity contribution in [1.29, 1.82) is 0 Å². The molecule has 0 amide bonds. The maximum Gasteiger partial charge on any atom is 0.0170 e. The fraction of sp³-hybridized carbons (Fsp3) is 1.00. The van der Waals surface area contributed by atoms with Crippen molar-refractivity contribution < 1.29 is 0 Å². The van der Waals surface area contributed by atoms with Crippen molar-refractivity contribution >= 4 is 0 Å². The zero-order chi connectivity index (χ0) is 11.5. The Kier molecular flexibility index (Phi) is 4.26. The second-order valence-corrected chi connectivity index (χ2v) is 6.45. The largest absolute Gasteiger partial charge is 0.327 e. The van der Waals surface area contributed by atoms with E-state index in [0.29, 0.717) is 6.04 Å².